The first kappa shape index (κ1) is 17.6. The minimum Gasteiger partial charge on any atom is -0.434 e. The molecule has 1 aliphatic rings. The maximum absolute atomic E-state index is 12.6. The molecule has 1 aliphatic heterocycles. The van der Waals surface area contributed by atoms with Gasteiger partial charge in [0.25, 0.3) is 0 Å². The molecule has 0 saturated carbocycles. The summed E-state index contributed by atoms with van der Waals surface area (Å²) in [5.74, 6) is -0.358. The van der Waals surface area contributed by atoms with Crippen LogP contribution in [0.4, 0.5) is 8.78 Å². The largest absolute Gasteiger partial charge is 0.434 e. The number of nitrogens with zero attached hydrogens (tertiary/aromatic N) is 1. The van der Waals surface area contributed by atoms with E-state index in [2.05, 4.69) is 4.74 Å². The number of ether oxygens (including phenoxy) is 2. The Labute approximate surface area is 134 Å². The number of halogens is 2. The molecule has 0 aliphatic carbocycles. The fourth-order valence-electron chi connectivity index (χ4n) is 2.74. The molecule has 0 spiro atoms. The van der Waals surface area contributed by atoms with Gasteiger partial charge in [-0.3, -0.25) is 9.69 Å². The topological polar surface area (TPSA) is 64.8 Å². The highest BCUT2D eigenvalue weighted by Gasteiger charge is 2.29. The van der Waals surface area contributed by atoms with E-state index in [-0.39, 0.29) is 11.9 Å². The van der Waals surface area contributed by atoms with Crippen LogP contribution in [0.3, 0.4) is 0 Å². The molecule has 0 unspecified atom stereocenters. The molecule has 1 aromatic rings. The zero-order chi connectivity index (χ0) is 17.1. The van der Waals surface area contributed by atoms with Crippen LogP contribution in [0.25, 0.3) is 0 Å². The van der Waals surface area contributed by atoms with Gasteiger partial charge in [-0.25, -0.2) is 0 Å². The number of hydrogen-bond acceptors (Lipinski definition) is 4. The predicted octanol–water partition coefficient (Wildman–Crippen LogP) is 1.98. The van der Waals surface area contributed by atoms with Gasteiger partial charge < -0.3 is 15.2 Å². The molecule has 0 radical (unpaired) electrons. The number of morpholine rings is 1. The van der Waals surface area contributed by atoms with E-state index in [0.717, 1.165) is 11.1 Å². The summed E-state index contributed by atoms with van der Waals surface area (Å²) in [5.41, 5.74) is 7.85. The molecule has 1 heterocycles. The molecule has 7 heteroatoms. The molecule has 1 saturated heterocycles. The van der Waals surface area contributed by atoms with Crippen molar-refractivity contribution in [2.45, 2.75) is 46.1 Å². The number of carbonyl (C=O) groups excluding carboxylic acids is 1. The first-order valence-electron chi connectivity index (χ1n) is 7.48. The molecule has 2 rings (SSSR count). The van der Waals surface area contributed by atoms with E-state index in [4.69, 9.17) is 10.5 Å². The Kier molecular flexibility index (Phi) is 5.54. The highest BCUT2D eigenvalue weighted by Crippen LogP contribution is 2.27. The summed E-state index contributed by atoms with van der Waals surface area (Å²) in [6.07, 6.45) is -0.850. The Bertz CT molecular complexity index is 581. The van der Waals surface area contributed by atoms with Crippen molar-refractivity contribution in [1.29, 1.82) is 0 Å². The summed E-state index contributed by atoms with van der Waals surface area (Å²) >= 11 is 0. The number of nitrogens with two attached hydrogens (primary N) is 1. The fourth-order valence-corrected chi connectivity index (χ4v) is 2.74. The van der Waals surface area contributed by atoms with Crippen molar-refractivity contribution in [1.82, 2.24) is 4.90 Å². The van der Waals surface area contributed by atoms with Gasteiger partial charge >= 0.3 is 6.61 Å². The molecular weight excluding hydrogens is 306 g/mol. The van der Waals surface area contributed by atoms with Crippen LogP contribution in [0.1, 0.15) is 23.6 Å². The lowest BCUT2D eigenvalue weighted by Gasteiger charge is -2.35. The highest BCUT2D eigenvalue weighted by molar-refractivity contribution is 5.79. The number of alkyl halides is 2. The Morgan fingerprint density at radius 3 is 2.65 bits per heavy atom. The van der Waals surface area contributed by atoms with E-state index < -0.39 is 18.6 Å². The summed E-state index contributed by atoms with van der Waals surface area (Å²) in [6, 6.07) is 3.46. The van der Waals surface area contributed by atoms with E-state index >= 15 is 0 Å². The van der Waals surface area contributed by atoms with Crippen molar-refractivity contribution in [2.75, 3.05) is 13.1 Å². The van der Waals surface area contributed by atoms with E-state index in [0.29, 0.717) is 25.2 Å². The van der Waals surface area contributed by atoms with E-state index in [1.165, 1.54) is 0 Å². The van der Waals surface area contributed by atoms with Gasteiger partial charge in [0.15, 0.2) is 0 Å². The average Bonchev–Trinajstić information content (AvgIpc) is 2.43. The van der Waals surface area contributed by atoms with Crippen LogP contribution < -0.4 is 10.5 Å². The minimum atomic E-state index is -2.88. The van der Waals surface area contributed by atoms with Crippen LogP contribution in [0.2, 0.25) is 0 Å². The van der Waals surface area contributed by atoms with Crippen molar-refractivity contribution in [3.63, 3.8) is 0 Å². The number of hydrogen-bond donors (Lipinski definition) is 1. The quantitative estimate of drug-likeness (QED) is 0.898. The van der Waals surface area contributed by atoms with Gasteiger partial charge in [0, 0.05) is 25.2 Å². The number of amides is 1. The molecule has 0 bridgehead atoms. The second-order valence-corrected chi connectivity index (χ2v) is 5.95. The molecule has 1 aromatic carbocycles. The third-order valence-corrected chi connectivity index (χ3v) is 3.94. The normalized spacial score (nSPS) is 22.3. The Morgan fingerprint density at radius 1 is 1.39 bits per heavy atom. The lowest BCUT2D eigenvalue weighted by Crippen LogP contribution is -2.51. The maximum Gasteiger partial charge on any atom is 0.387 e. The molecule has 2 N–H and O–H groups in total. The van der Waals surface area contributed by atoms with E-state index in [1.807, 2.05) is 31.7 Å². The number of benzene rings is 1. The number of carbonyl (C=O) groups is 1. The second kappa shape index (κ2) is 7.23. The van der Waals surface area contributed by atoms with Gasteiger partial charge in [-0.1, -0.05) is 6.07 Å². The van der Waals surface area contributed by atoms with Crippen molar-refractivity contribution in [2.24, 2.45) is 5.73 Å². The molecule has 1 amide bonds. The summed E-state index contributed by atoms with van der Waals surface area (Å²) in [5, 5.41) is 0. The molecule has 5 nitrogen and oxygen atoms in total. The first-order chi connectivity index (χ1) is 10.8. The molecule has 0 aromatic heterocycles. The zero-order valence-corrected chi connectivity index (χ0v) is 13.5. The second-order valence-electron chi connectivity index (χ2n) is 5.95. The Hall–Kier alpha value is -1.73. The third kappa shape index (κ3) is 4.62. The maximum atomic E-state index is 12.6. The van der Waals surface area contributed by atoms with Gasteiger partial charge in [-0.15, -0.1) is 0 Å². The summed E-state index contributed by atoms with van der Waals surface area (Å²) in [6.45, 7) is 4.04. The van der Waals surface area contributed by atoms with Crippen LogP contribution in [0.15, 0.2) is 12.1 Å². The van der Waals surface area contributed by atoms with Crippen molar-refractivity contribution >= 4 is 5.91 Å². The van der Waals surface area contributed by atoms with E-state index in [1.54, 1.807) is 6.07 Å². The van der Waals surface area contributed by atoms with Crippen molar-refractivity contribution < 1.29 is 23.0 Å². The molecule has 128 valence electrons. The minimum absolute atomic E-state index is 0.160. The number of aryl methyl sites for hydroxylation is 2. The lowest BCUT2D eigenvalue weighted by atomic mass is 10.0. The van der Waals surface area contributed by atoms with Gasteiger partial charge in [-0.05, 0) is 38.0 Å². The van der Waals surface area contributed by atoms with Crippen LogP contribution in [0.5, 0.6) is 5.75 Å². The summed E-state index contributed by atoms with van der Waals surface area (Å²) in [7, 11) is 0. The van der Waals surface area contributed by atoms with Gasteiger partial charge in [0.05, 0.1) is 6.10 Å². The monoisotopic (exact) mass is 328 g/mol. The van der Waals surface area contributed by atoms with Crippen molar-refractivity contribution in [3.8, 4) is 5.75 Å². The van der Waals surface area contributed by atoms with Gasteiger partial charge in [0.2, 0.25) is 5.91 Å². The molecule has 23 heavy (non-hydrogen) atoms. The predicted molar refractivity (Wildman–Crippen MR) is 81.4 cm³/mol. The number of rotatable bonds is 5. The standard InChI is InChI=1S/C16H22F2N2O3/c1-9-4-12(13(5-10(9)2)23-16(17)18)7-20-6-11(3)22-14(8-20)15(19)21/h4-5,11,14,16H,6-8H2,1-3H3,(H2,19,21)/t11-,14-/m1/s1. The zero-order valence-electron chi connectivity index (χ0n) is 13.5. The third-order valence-electron chi connectivity index (χ3n) is 3.94. The van der Waals surface area contributed by atoms with Crippen LogP contribution in [-0.2, 0) is 16.1 Å². The molecule has 1 fully saturated rings. The van der Waals surface area contributed by atoms with Crippen molar-refractivity contribution in [3.05, 3.63) is 28.8 Å². The van der Waals surface area contributed by atoms with Crippen LogP contribution in [-0.4, -0.2) is 42.7 Å². The smallest absolute Gasteiger partial charge is 0.387 e. The first-order valence-corrected chi connectivity index (χ1v) is 7.48. The number of primary amides is 1. The van der Waals surface area contributed by atoms with Crippen LogP contribution in [0, 0.1) is 13.8 Å². The van der Waals surface area contributed by atoms with Gasteiger partial charge in [0.1, 0.15) is 11.9 Å². The SMILES string of the molecule is Cc1cc(CN2C[C@@H](C)O[C@@H](C(N)=O)C2)c(OC(F)F)cc1C. The highest BCUT2D eigenvalue weighted by atomic mass is 19.3. The Morgan fingerprint density at radius 2 is 2.04 bits per heavy atom. The van der Waals surface area contributed by atoms with E-state index in [9.17, 15) is 13.6 Å². The lowest BCUT2D eigenvalue weighted by molar-refractivity contribution is -0.142. The fraction of sp³-hybridized carbons (Fsp3) is 0.562. The molecular formula is C16H22F2N2O3. The Balaban J connectivity index is 2.20. The summed E-state index contributed by atoms with van der Waals surface area (Å²) in [4.78, 5) is 13.3. The average molecular weight is 328 g/mol. The van der Waals surface area contributed by atoms with Gasteiger partial charge in [-0.2, -0.15) is 8.78 Å². The van der Waals surface area contributed by atoms with Crippen LogP contribution >= 0.6 is 0 Å². The summed E-state index contributed by atoms with van der Waals surface area (Å²) < 4.78 is 35.4. The molecule has 2 atom stereocenters.